The molecule has 4 rings (SSSR count). The van der Waals surface area contributed by atoms with Crippen LogP contribution in [0.5, 0.6) is 11.6 Å². The first-order valence-corrected chi connectivity index (χ1v) is 8.41. The van der Waals surface area contributed by atoms with E-state index < -0.39 is 0 Å². The van der Waals surface area contributed by atoms with E-state index in [1.165, 1.54) is 6.33 Å². The highest BCUT2D eigenvalue weighted by molar-refractivity contribution is 5.88. The molecule has 0 saturated carbocycles. The van der Waals surface area contributed by atoms with E-state index in [1.54, 1.807) is 43.6 Å². The molecule has 1 aromatic carbocycles. The second-order valence-electron chi connectivity index (χ2n) is 5.69. The molecule has 0 fully saturated rings. The fourth-order valence-corrected chi connectivity index (χ4v) is 2.67. The van der Waals surface area contributed by atoms with E-state index in [0.717, 1.165) is 16.6 Å². The van der Waals surface area contributed by atoms with Gasteiger partial charge in [0.15, 0.2) is 11.5 Å². The number of methoxy groups -OCH3 is 2. The maximum Gasteiger partial charge on any atom is 0.212 e. The van der Waals surface area contributed by atoms with Crippen molar-refractivity contribution in [3.63, 3.8) is 0 Å². The van der Waals surface area contributed by atoms with Gasteiger partial charge in [0.05, 0.1) is 32.0 Å². The molecule has 9 nitrogen and oxygen atoms in total. The van der Waals surface area contributed by atoms with Crippen LogP contribution in [0.25, 0.3) is 16.7 Å². The minimum Gasteiger partial charge on any atom is -0.494 e. The first kappa shape index (κ1) is 17.4. The molecule has 0 atom stereocenters. The molecule has 0 radical (unpaired) electrons. The standard InChI is InChI=1S/C19H17N7O2/c1-27-16-6-4-3-5-15(16)26-19-14(11-24-26)18(21-12-22-19)25-23-10-13-7-8-17(28-2)20-9-13/h3-12H,1-2H3,(H,21,22,25). The van der Waals surface area contributed by atoms with Gasteiger partial charge in [0.25, 0.3) is 0 Å². The highest BCUT2D eigenvalue weighted by Crippen LogP contribution is 2.26. The first-order valence-electron chi connectivity index (χ1n) is 8.41. The number of pyridine rings is 1. The molecule has 0 aliphatic heterocycles. The second kappa shape index (κ2) is 7.70. The van der Waals surface area contributed by atoms with Crippen molar-refractivity contribution >= 4 is 23.1 Å². The third-order valence-electron chi connectivity index (χ3n) is 4.03. The Kier molecular flexibility index (Phi) is 4.79. The van der Waals surface area contributed by atoms with Crippen molar-refractivity contribution in [2.45, 2.75) is 0 Å². The largest absolute Gasteiger partial charge is 0.494 e. The number of hydrogen-bond donors (Lipinski definition) is 1. The van der Waals surface area contributed by atoms with Crippen molar-refractivity contribution in [2.24, 2.45) is 5.10 Å². The second-order valence-corrected chi connectivity index (χ2v) is 5.69. The molecular formula is C19H17N7O2. The zero-order chi connectivity index (χ0) is 19.3. The maximum atomic E-state index is 5.42. The zero-order valence-corrected chi connectivity index (χ0v) is 15.3. The number of aromatic nitrogens is 5. The Balaban J connectivity index is 1.62. The Morgan fingerprint density at radius 1 is 1.00 bits per heavy atom. The summed E-state index contributed by atoms with van der Waals surface area (Å²) in [5.41, 5.74) is 5.19. The monoisotopic (exact) mass is 375 g/mol. The predicted molar refractivity (Wildman–Crippen MR) is 105 cm³/mol. The first-order chi connectivity index (χ1) is 13.8. The molecule has 0 saturated heterocycles. The van der Waals surface area contributed by atoms with Crippen molar-refractivity contribution < 1.29 is 9.47 Å². The number of fused-ring (bicyclic) bond motifs is 1. The fraction of sp³-hybridized carbons (Fsp3) is 0.105. The van der Waals surface area contributed by atoms with Gasteiger partial charge in [-0.2, -0.15) is 10.2 Å². The molecule has 0 spiro atoms. The molecule has 0 amide bonds. The Morgan fingerprint density at radius 2 is 1.89 bits per heavy atom. The number of ether oxygens (including phenoxy) is 2. The molecule has 0 bridgehead atoms. The summed E-state index contributed by atoms with van der Waals surface area (Å²) in [6.07, 6.45) is 6.46. The number of nitrogens with one attached hydrogen (secondary N) is 1. The lowest BCUT2D eigenvalue weighted by Gasteiger charge is -2.08. The van der Waals surface area contributed by atoms with Crippen molar-refractivity contribution in [3.8, 4) is 17.3 Å². The van der Waals surface area contributed by atoms with Crippen LogP contribution in [0.1, 0.15) is 5.56 Å². The van der Waals surface area contributed by atoms with E-state index in [-0.39, 0.29) is 0 Å². The molecule has 9 heteroatoms. The highest BCUT2D eigenvalue weighted by atomic mass is 16.5. The Morgan fingerprint density at radius 3 is 2.68 bits per heavy atom. The molecule has 140 valence electrons. The SMILES string of the molecule is COc1ccc(C=NNc2ncnc3c2cnn3-c2ccccc2OC)cn1. The average Bonchev–Trinajstić information content (AvgIpc) is 3.19. The van der Waals surface area contributed by atoms with Crippen LogP contribution in [0.15, 0.2) is 60.2 Å². The highest BCUT2D eigenvalue weighted by Gasteiger charge is 2.13. The van der Waals surface area contributed by atoms with Crippen LogP contribution in [0.4, 0.5) is 5.82 Å². The fourth-order valence-electron chi connectivity index (χ4n) is 2.67. The summed E-state index contributed by atoms with van der Waals surface area (Å²) >= 11 is 0. The summed E-state index contributed by atoms with van der Waals surface area (Å²) in [5, 5.41) is 9.40. The topological polar surface area (TPSA) is 99.3 Å². The summed E-state index contributed by atoms with van der Waals surface area (Å²) in [5.74, 6) is 1.79. The van der Waals surface area contributed by atoms with Gasteiger partial charge in [-0.15, -0.1) is 0 Å². The van der Waals surface area contributed by atoms with Crippen molar-refractivity contribution in [2.75, 3.05) is 19.6 Å². The summed E-state index contributed by atoms with van der Waals surface area (Å²) in [6, 6.07) is 11.2. The smallest absolute Gasteiger partial charge is 0.212 e. The summed E-state index contributed by atoms with van der Waals surface area (Å²) in [7, 11) is 3.19. The summed E-state index contributed by atoms with van der Waals surface area (Å²) in [6.45, 7) is 0. The van der Waals surface area contributed by atoms with Crippen LogP contribution >= 0.6 is 0 Å². The quantitative estimate of drug-likeness (QED) is 0.408. The molecular weight excluding hydrogens is 358 g/mol. The van der Waals surface area contributed by atoms with Gasteiger partial charge in [0.1, 0.15) is 17.8 Å². The normalized spacial score (nSPS) is 11.1. The van der Waals surface area contributed by atoms with Gasteiger partial charge in [-0.3, -0.25) is 5.43 Å². The number of hydrogen-bond acceptors (Lipinski definition) is 8. The van der Waals surface area contributed by atoms with E-state index in [4.69, 9.17) is 9.47 Å². The molecule has 28 heavy (non-hydrogen) atoms. The predicted octanol–water partition coefficient (Wildman–Crippen LogP) is 2.67. The van der Waals surface area contributed by atoms with Crippen molar-refractivity contribution in [1.82, 2.24) is 24.7 Å². The summed E-state index contributed by atoms with van der Waals surface area (Å²) in [4.78, 5) is 12.7. The Hall–Kier alpha value is -4.01. The van der Waals surface area contributed by atoms with Gasteiger partial charge in [-0.1, -0.05) is 12.1 Å². The van der Waals surface area contributed by atoms with E-state index in [9.17, 15) is 0 Å². The minimum absolute atomic E-state index is 0.545. The molecule has 0 aliphatic rings. The van der Waals surface area contributed by atoms with Gasteiger partial charge in [-0.05, 0) is 18.2 Å². The molecule has 0 unspecified atom stereocenters. The average molecular weight is 375 g/mol. The molecule has 1 N–H and O–H groups in total. The lowest BCUT2D eigenvalue weighted by molar-refractivity contribution is 0.398. The number of benzene rings is 1. The Labute approximate surface area is 160 Å². The van der Waals surface area contributed by atoms with Crippen LogP contribution in [0.3, 0.4) is 0 Å². The van der Waals surface area contributed by atoms with E-state index in [1.807, 2.05) is 30.3 Å². The zero-order valence-electron chi connectivity index (χ0n) is 15.3. The number of hydrazone groups is 1. The molecule has 3 aromatic heterocycles. The lowest BCUT2D eigenvalue weighted by Crippen LogP contribution is -2.01. The van der Waals surface area contributed by atoms with Gasteiger partial charge in [-0.25, -0.2) is 19.6 Å². The van der Waals surface area contributed by atoms with E-state index in [0.29, 0.717) is 23.1 Å². The summed E-state index contributed by atoms with van der Waals surface area (Å²) < 4.78 is 12.2. The van der Waals surface area contributed by atoms with Crippen LogP contribution in [0.2, 0.25) is 0 Å². The van der Waals surface area contributed by atoms with Crippen LogP contribution < -0.4 is 14.9 Å². The van der Waals surface area contributed by atoms with E-state index >= 15 is 0 Å². The number of nitrogens with zero attached hydrogens (tertiary/aromatic N) is 6. The van der Waals surface area contributed by atoms with E-state index in [2.05, 4.69) is 30.6 Å². The van der Waals surface area contributed by atoms with Crippen LogP contribution in [0, 0.1) is 0 Å². The van der Waals surface area contributed by atoms with Gasteiger partial charge in [0, 0.05) is 17.8 Å². The number of para-hydroxylation sites is 2. The van der Waals surface area contributed by atoms with Crippen LogP contribution in [-0.4, -0.2) is 45.2 Å². The molecule has 0 aliphatic carbocycles. The number of rotatable bonds is 6. The van der Waals surface area contributed by atoms with Crippen molar-refractivity contribution in [1.29, 1.82) is 0 Å². The van der Waals surface area contributed by atoms with Gasteiger partial charge < -0.3 is 9.47 Å². The maximum absolute atomic E-state index is 5.42. The third kappa shape index (κ3) is 3.32. The van der Waals surface area contributed by atoms with Crippen molar-refractivity contribution in [3.05, 3.63) is 60.7 Å². The van der Waals surface area contributed by atoms with Crippen LogP contribution in [-0.2, 0) is 0 Å². The minimum atomic E-state index is 0.545. The van der Waals surface area contributed by atoms with Gasteiger partial charge in [0.2, 0.25) is 5.88 Å². The molecule has 4 aromatic rings. The molecule has 3 heterocycles. The Bertz CT molecular complexity index is 1120. The third-order valence-corrected chi connectivity index (χ3v) is 4.03. The lowest BCUT2D eigenvalue weighted by atomic mass is 10.3. The number of anilines is 1. The van der Waals surface area contributed by atoms with Gasteiger partial charge >= 0.3 is 0 Å².